The van der Waals surface area contributed by atoms with Crippen molar-refractivity contribution in [2.24, 2.45) is 0 Å². The summed E-state index contributed by atoms with van der Waals surface area (Å²) in [6.45, 7) is 0. The van der Waals surface area contributed by atoms with E-state index in [0.717, 1.165) is 21.6 Å². The number of rotatable bonds is 3. The molecular formula is C14H12N2O2S2. The van der Waals surface area contributed by atoms with Gasteiger partial charge in [-0.3, -0.25) is 0 Å². The lowest BCUT2D eigenvalue weighted by atomic mass is 10.2. The highest BCUT2D eigenvalue weighted by atomic mass is 32.2. The number of hydrogen-bond acceptors (Lipinski definition) is 5. The third-order valence-corrected chi connectivity index (χ3v) is 6.02. The molecule has 0 bridgehead atoms. The van der Waals surface area contributed by atoms with Crippen LogP contribution in [0.15, 0.2) is 52.9 Å². The molecule has 3 aromatic rings. The Balaban J connectivity index is 2.01. The standard InChI is InChI=1S/C14H12N2O2S2/c15-11-6-7-12-13(8-11)19-14(16-12)20(17,18)9-10-4-2-1-3-5-10/h1-8H,9,15H2. The topological polar surface area (TPSA) is 73.0 Å². The number of nitrogen functional groups attached to an aromatic ring is 1. The largest absolute Gasteiger partial charge is 0.399 e. The number of aromatic nitrogens is 1. The summed E-state index contributed by atoms with van der Waals surface area (Å²) in [4.78, 5) is 4.20. The van der Waals surface area contributed by atoms with Gasteiger partial charge in [-0.25, -0.2) is 13.4 Å². The minimum atomic E-state index is -3.42. The molecule has 0 aliphatic heterocycles. The molecule has 0 spiro atoms. The van der Waals surface area contributed by atoms with Crippen LogP contribution in [0.4, 0.5) is 5.69 Å². The first kappa shape index (κ1) is 13.1. The molecule has 0 saturated carbocycles. The van der Waals surface area contributed by atoms with E-state index < -0.39 is 9.84 Å². The first-order valence-electron chi connectivity index (χ1n) is 5.97. The van der Waals surface area contributed by atoms with Crippen LogP contribution in [-0.2, 0) is 15.6 Å². The molecule has 0 radical (unpaired) electrons. The normalized spacial score (nSPS) is 11.8. The molecule has 6 heteroatoms. The molecule has 0 unspecified atom stereocenters. The Kier molecular flexibility index (Phi) is 3.19. The van der Waals surface area contributed by atoms with Gasteiger partial charge in [0.2, 0.25) is 14.2 Å². The van der Waals surface area contributed by atoms with Gasteiger partial charge in [0.05, 0.1) is 16.0 Å². The Morgan fingerprint density at radius 3 is 2.60 bits per heavy atom. The van der Waals surface area contributed by atoms with Crippen LogP contribution in [0, 0.1) is 0 Å². The van der Waals surface area contributed by atoms with Crippen LogP contribution in [0.25, 0.3) is 10.2 Å². The Labute approximate surface area is 120 Å². The molecule has 0 aliphatic carbocycles. The molecule has 0 amide bonds. The predicted molar refractivity (Wildman–Crippen MR) is 81.4 cm³/mol. The average Bonchev–Trinajstić information content (AvgIpc) is 2.83. The summed E-state index contributed by atoms with van der Waals surface area (Å²) < 4.78 is 25.7. The zero-order valence-corrected chi connectivity index (χ0v) is 12.1. The number of fused-ring (bicyclic) bond motifs is 1. The molecule has 0 atom stereocenters. The second-order valence-corrected chi connectivity index (χ2v) is 7.65. The van der Waals surface area contributed by atoms with Crippen molar-refractivity contribution in [3.05, 3.63) is 54.1 Å². The van der Waals surface area contributed by atoms with Gasteiger partial charge < -0.3 is 5.73 Å². The zero-order chi connectivity index (χ0) is 14.2. The predicted octanol–water partition coefficient (Wildman–Crippen LogP) is 2.85. The van der Waals surface area contributed by atoms with E-state index in [9.17, 15) is 8.42 Å². The van der Waals surface area contributed by atoms with E-state index in [1.54, 1.807) is 30.3 Å². The van der Waals surface area contributed by atoms with Crippen LogP contribution >= 0.6 is 11.3 Å². The van der Waals surface area contributed by atoms with Crippen molar-refractivity contribution in [1.29, 1.82) is 0 Å². The van der Waals surface area contributed by atoms with Crippen molar-refractivity contribution >= 4 is 37.1 Å². The summed E-state index contributed by atoms with van der Waals surface area (Å²) in [5.74, 6) is -0.0385. The van der Waals surface area contributed by atoms with Crippen molar-refractivity contribution in [2.45, 2.75) is 10.1 Å². The fourth-order valence-corrected chi connectivity index (χ4v) is 4.60. The third kappa shape index (κ3) is 2.52. The molecular weight excluding hydrogens is 292 g/mol. The van der Waals surface area contributed by atoms with Crippen molar-refractivity contribution in [2.75, 3.05) is 5.73 Å². The lowest BCUT2D eigenvalue weighted by Gasteiger charge is -2.00. The third-order valence-electron chi connectivity index (χ3n) is 2.86. The molecule has 1 heterocycles. The highest BCUT2D eigenvalue weighted by Crippen LogP contribution is 2.28. The van der Waals surface area contributed by atoms with Gasteiger partial charge in [0.1, 0.15) is 0 Å². The van der Waals surface area contributed by atoms with Crippen LogP contribution in [0.3, 0.4) is 0 Å². The summed E-state index contributed by atoms with van der Waals surface area (Å²) in [6, 6.07) is 14.3. The fraction of sp³-hybridized carbons (Fsp3) is 0.0714. The number of anilines is 1. The number of sulfone groups is 1. The second-order valence-electron chi connectivity index (χ2n) is 4.45. The van der Waals surface area contributed by atoms with Crippen molar-refractivity contribution < 1.29 is 8.42 Å². The minimum Gasteiger partial charge on any atom is -0.399 e. The highest BCUT2D eigenvalue weighted by Gasteiger charge is 2.20. The summed E-state index contributed by atoms with van der Waals surface area (Å²) in [6.07, 6.45) is 0. The van der Waals surface area contributed by atoms with Crippen molar-refractivity contribution in [3.63, 3.8) is 0 Å². The number of nitrogens with two attached hydrogens (primary N) is 1. The molecule has 1 aromatic heterocycles. The summed E-state index contributed by atoms with van der Waals surface area (Å²) in [5.41, 5.74) is 7.72. The summed E-state index contributed by atoms with van der Waals surface area (Å²) in [7, 11) is -3.42. The van der Waals surface area contributed by atoms with Gasteiger partial charge in [-0.1, -0.05) is 30.3 Å². The van der Waals surface area contributed by atoms with E-state index >= 15 is 0 Å². The van der Waals surface area contributed by atoms with Gasteiger partial charge in [0.15, 0.2) is 0 Å². The van der Waals surface area contributed by atoms with E-state index in [-0.39, 0.29) is 10.1 Å². The zero-order valence-electron chi connectivity index (χ0n) is 10.5. The molecule has 2 N–H and O–H groups in total. The maximum absolute atomic E-state index is 12.4. The van der Waals surface area contributed by atoms with Gasteiger partial charge in [-0.15, -0.1) is 11.3 Å². The first-order chi connectivity index (χ1) is 9.54. The number of thiazole rings is 1. The van der Waals surface area contributed by atoms with Gasteiger partial charge >= 0.3 is 0 Å². The molecule has 4 nitrogen and oxygen atoms in total. The molecule has 102 valence electrons. The van der Waals surface area contributed by atoms with Crippen LogP contribution in [0.5, 0.6) is 0 Å². The van der Waals surface area contributed by atoms with Crippen LogP contribution in [-0.4, -0.2) is 13.4 Å². The molecule has 0 aliphatic rings. The van der Waals surface area contributed by atoms with Gasteiger partial charge in [-0.05, 0) is 23.8 Å². The smallest absolute Gasteiger partial charge is 0.210 e. The van der Waals surface area contributed by atoms with E-state index in [0.29, 0.717) is 11.2 Å². The van der Waals surface area contributed by atoms with Crippen LogP contribution < -0.4 is 5.73 Å². The Hall–Kier alpha value is -1.92. The number of hydrogen-bond donors (Lipinski definition) is 1. The lowest BCUT2D eigenvalue weighted by molar-refractivity contribution is 0.594. The Bertz CT molecular complexity index is 855. The van der Waals surface area contributed by atoms with E-state index in [4.69, 9.17) is 5.73 Å². The van der Waals surface area contributed by atoms with Gasteiger partial charge in [0, 0.05) is 5.69 Å². The average molecular weight is 304 g/mol. The monoisotopic (exact) mass is 304 g/mol. The quantitative estimate of drug-likeness (QED) is 0.755. The minimum absolute atomic E-state index is 0.0385. The maximum atomic E-state index is 12.4. The lowest BCUT2D eigenvalue weighted by Crippen LogP contribution is -2.04. The summed E-state index contributed by atoms with van der Waals surface area (Å²) >= 11 is 1.16. The van der Waals surface area contributed by atoms with Crippen molar-refractivity contribution in [3.8, 4) is 0 Å². The van der Waals surface area contributed by atoms with Crippen LogP contribution in [0.2, 0.25) is 0 Å². The van der Waals surface area contributed by atoms with Crippen LogP contribution in [0.1, 0.15) is 5.56 Å². The SMILES string of the molecule is Nc1ccc2nc(S(=O)(=O)Cc3ccccc3)sc2c1. The number of nitrogens with zero attached hydrogens (tertiary/aromatic N) is 1. The molecule has 2 aromatic carbocycles. The second kappa shape index (κ2) is 4.88. The Morgan fingerprint density at radius 1 is 1.10 bits per heavy atom. The van der Waals surface area contributed by atoms with Crippen molar-refractivity contribution in [1.82, 2.24) is 4.98 Å². The van der Waals surface area contributed by atoms with Gasteiger partial charge in [-0.2, -0.15) is 0 Å². The Morgan fingerprint density at radius 2 is 1.85 bits per heavy atom. The fourth-order valence-electron chi connectivity index (χ4n) is 1.91. The van der Waals surface area contributed by atoms with Gasteiger partial charge in [0.25, 0.3) is 0 Å². The molecule has 0 fully saturated rings. The van der Waals surface area contributed by atoms with E-state index in [2.05, 4.69) is 4.98 Å². The molecule has 3 rings (SSSR count). The number of benzene rings is 2. The van der Waals surface area contributed by atoms with E-state index in [1.807, 2.05) is 18.2 Å². The summed E-state index contributed by atoms with van der Waals surface area (Å²) in [5, 5.41) is 0. The maximum Gasteiger partial charge on any atom is 0.210 e. The van der Waals surface area contributed by atoms with E-state index in [1.165, 1.54) is 0 Å². The molecule has 20 heavy (non-hydrogen) atoms. The first-order valence-corrected chi connectivity index (χ1v) is 8.44. The highest BCUT2D eigenvalue weighted by molar-refractivity contribution is 7.92. The molecule has 0 saturated heterocycles.